The van der Waals surface area contributed by atoms with Crippen LogP contribution in [0.3, 0.4) is 0 Å². The molecule has 3 fully saturated rings. The molecular formula is C17H21NO2. The van der Waals surface area contributed by atoms with Crippen molar-refractivity contribution in [2.75, 3.05) is 20.1 Å². The van der Waals surface area contributed by atoms with Crippen LogP contribution >= 0.6 is 0 Å². The summed E-state index contributed by atoms with van der Waals surface area (Å²) < 4.78 is 5.90. The molecule has 0 aromatic heterocycles. The van der Waals surface area contributed by atoms with E-state index in [0.29, 0.717) is 17.4 Å². The molecule has 1 heterocycles. The van der Waals surface area contributed by atoms with Gasteiger partial charge in [-0.2, -0.15) is 0 Å². The van der Waals surface area contributed by atoms with Gasteiger partial charge in [0.1, 0.15) is 6.10 Å². The van der Waals surface area contributed by atoms with E-state index in [1.54, 1.807) is 0 Å². The number of hydrogen-bond acceptors (Lipinski definition) is 3. The fraction of sp³-hybridized carbons (Fsp3) is 0.588. The SMILES string of the molecule is CN1C[C@@H]2[C@@H](C1)[C@H]1CC[C@@H]2C1OC(=O)c1ccccc1. The summed E-state index contributed by atoms with van der Waals surface area (Å²) >= 11 is 0. The smallest absolute Gasteiger partial charge is 0.338 e. The Morgan fingerprint density at radius 2 is 1.65 bits per heavy atom. The van der Waals surface area contributed by atoms with Gasteiger partial charge in [0.15, 0.2) is 0 Å². The maximum atomic E-state index is 12.3. The Morgan fingerprint density at radius 1 is 1.05 bits per heavy atom. The Morgan fingerprint density at radius 3 is 2.25 bits per heavy atom. The molecule has 20 heavy (non-hydrogen) atoms. The standard InChI is InChI=1S/C17H21NO2/c1-18-9-14-12-7-8-13(15(14)10-18)16(12)20-17(19)11-5-3-2-4-6-11/h2-6,12-16H,7-10H2,1H3/t12-,13+,14-,15-,16?/m0/s1. The molecule has 0 radical (unpaired) electrons. The van der Waals surface area contributed by atoms with Gasteiger partial charge in [-0.1, -0.05) is 18.2 Å². The van der Waals surface area contributed by atoms with Crippen molar-refractivity contribution in [2.24, 2.45) is 23.7 Å². The summed E-state index contributed by atoms with van der Waals surface area (Å²) in [6.45, 7) is 2.37. The highest BCUT2D eigenvalue weighted by Crippen LogP contribution is 2.56. The first kappa shape index (κ1) is 12.4. The van der Waals surface area contributed by atoms with Crippen LogP contribution in [0.1, 0.15) is 23.2 Å². The van der Waals surface area contributed by atoms with Gasteiger partial charge in [-0.05, 0) is 43.9 Å². The normalized spacial score (nSPS) is 39.0. The molecule has 0 spiro atoms. The van der Waals surface area contributed by atoms with Gasteiger partial charge in [-0.3, -0.25) is 0 Å². The summed E-state index contributed by atoms with van der Waals surface area (Å²) in [6.07, 6.45) is 2.66. The van der Waals surface area contributed by atoms with Crippen LogP contribution in [0.15, 0.2) is 30.3 Å². The van der Waals surface area contributed by atoms with E-state index in [2.05, 4.69) is 11.9 Å². The molecule has 3 heteroatoms. The molecule has 2 bridgehead atoms. The number of benzene rings is 1. The van der Waals surface area contributed by atoms with Gasteiger partial charge in [0, 0.05) is 24.9 Å². The predicted molar refractivity (Wildman–Crippen MR) is 76.3 cm³/mol. The molecular weight excluding hydrogens is 250 g/mol. The number of rotatable bonds is 2. The van der Waals surface area contributed by atoms with Crippen molar-refractivity contribution in [1.82, 2.24) is 4.90 Å². The van der Waals surface area contributed by atoms with E-state index < -0.39 is 0 Å². The summed E-state index contributed by atoms with van der Waals surface area (Å²) in [7, 11) is 2.21. The van der Waals surface area contributed by atoms with Crippen LogP contribution in [0.2, 0.25) is 0 Å². The lowest BCUT2D eigenvalue weighted by molar-refractivity contribution is 0.0139. The lowest BCUT2D eigenvalue weighted by Crippen LogP contribution is -2.28. The topological polar surface area (TPSA) is 29.5 Å². The minimum atomic E-state index is -0.138. The second kappa shape index (κ2) is 4.59. The highest BCUT2D eigenvalue weighted by atomic mass is 16.5. The summed E-state index contributed by atoms with van der Waals surface area (Å²) in [5, 5.41) is 0. The van der Waals surface area contributed by atoms with E-state index in [0.717, 1.165) is 11.8 Å². The Hall–Kier alpha value is -1.35. The molecule has 0 amide bonds. The molecule has 3 nitrogen and oxygen atoms in total. The second-order valence-corrected chi connectivity index (χ2v) is 6.69. The molecule has 1 aromatic carbocycles. The zero-order valence-electron chi connectivity index (χ0n) is 11.9. The second-order valence-electron chi connectivity index (χ2n) is 6.69. The quantitative estimate of drug-likeness (QED) is 0.774. The van der Waals surface area contributed by atoms with Crippen molar-refractivity contribution in [1.29, 1.82) is 0 Å². The van der Waals surface area contributed by atoms with Gasteiger partial charge in [0.05, 0.1) is 5.56 Å². The molecule has 1 saturated heterocycles. The number of fused-ring (bicyclic) bond motifs is 5. The summed E-state index contributed by atoms with van der Waals surface area (Å²) in [5.41, 5.74) is 0.682. The van der Waals surface area contributed by atoms with Gasteiger partial charge in [0.2, 0.25) is 0 Å². The first-order chi connectivity index (χ1) is 9.74. The summed E-state index contributed by atoms with van der Waals surface area (Å²) in [6, 6.07) is 9.39. The molecule has 2 saturated carbocycles. The first-order valence-corrected chi connectivity index (χ1v) is 7.68. The maximum Gasteiger partial charge on any atom is 0.338 e. The number of hydrogen-bond donors (Lipinski definition) is 0. The van der Waals surface area contributed by atoms with Gasteiger partial charge in [-0.15, -0.1) is 0 Å². The zero-order valence-corrected chi connectivity index (χ0v) is 11.9. The van der Waals surface area contributed by atoms with Crippen LogP contribution in [0, 0.1) is 23.7 Å². The van der Waals surface area contributed by atoms with E-state index in [-0.39, 0.29) is 12.1 Å². The molecule has 1 aliphatic heterocycles. The van der Waals surface area contributed by atoms with Crippen molar-refractivity contribution in [3.63, 3.8) is 0 Å². The van der Waals surface area contributed by atoms with Gasteiger partial charge in [-0.25, -0.2) is 4.79 Å². The van der Waals surface area contributed by atoms with Gasteiger partial charge in [0.25, 0.3) is 0 Å². The number of carbonyl (C=O) groups excluding carboxylic acids is 1. The largest absolute Gasteiger partial charge is 0.458 e. The van der Waals surface area contributed by atoms with Crippen LogP contribution < -0.4 is 0 Å². The van der Waals surface area contributed by atoms with E-state index >= 15 is 0 Å². The number of esters is 1. The first-order valence-electron chi connectivity index (χ1n) is 7.68. The molecule has 1 unspecified atom stereocenters. The number of carbonyl (C=O) groups is 1. The Balaban J connectivity index is 1.50. The average molecular weight is 271 g/mol. The van der Waals surface area contributed by atoms with E-state index in [9.17, 15) is 4.79 Å². The highest BCUT2D eigenvalue weighted by molar-refractivity contribution is 5.89. The Labute approximate surface area is 119 Å². The number of ether oxygens (including phenoxy) is 1. The minimum absolute atomic E-state index is 0.138. The van der Waals surface area contributed by atoms with Gasteiger partial charge >= 0.3 is 5.97 Å². The highest BCUT2D eigenvalue weighted by Gasteiger charge is 2.58. The molecule has 5 atom stereocenters. The summed E-state index contributed by atoms with van der Waals surface area (Å²) in [4.78, 5) is 14.7. The van der Waals surface area contributed by atoms with Crippen LogP contribution in [0.25, 0.3) is 0 Å². The third kappa shape index (κ3) is 1.80. The molecule has 0 N–H and O–H groups in total. The van der Waals surface area contributed by atoms with E-state index in [4.69, 9.17) is 4.74 Å². The van der Waals surface area contributed by atoms with Crippen LogP contribution in [0.4, 0.5) is 0 Å². The molecule has 106 valence electrons. The fourth-order valence-electron chi connectivity index (χ4n) is 4.86. The summed E-state index contributed by atoms with van der Waals surface area (Å²) in [5.74, 6) is 2.57. The lowest BCUT2D eigenvalue weighted by Gasteiger charge is -2.21. The zero-order chi connectivity index (χ0) is 13.7. The Bertz CT molecular complexity index is 495. The number of nitrogens with zero attached hydrogens (tertiary/aromatic N) is 1. The van der Waals surface area contributed by atoms with Crippen molar-refractivity contribution in [3.8, 4) is 0 Å². The van der Waals surface area contributed by atoms with E-state index in [1.807, 2.05) is 30.3 Å². The minimum Gasteiger partial charge on any atom is -0.458 e. The van der Waals surface area contributed by atoms with Crippen molar-refractivity contribution >= 4 is 5.97 Å². The van der Waals surface area contributed by atoms with E-state index in [1.165, 1.54) is 25.9 Å². The molecule has 4 rings (SSSR count). The van der Waals surface area contributed by atoms with Gasteiger partial charge < -0.3 is 9.64 Å². The molecule has 2 aliphatic carbocycles. The number of likely N-dealkylation sites (tertiary alicyclic amines) is 1. The lowest BCUT2D eigenvalue weighted by atomic mass is 9.82. The fourth-order valence-corrected chi connectivity index (χ4v) is 4.86. The third-order valence-electron chi connectivity index (χ3n) is 5.62. The predicted octanol–water partition coefficient (Wildman–Crippen LogP) is 2.43. The monoisotopic (exact) mass is 271 g/mol. The van der Waals surface area contributed by atoms with Crippen LogP contribution in [-0.2, 0) is 4.74 Å². The molecule has 3 aliphatic rings. The van der Waals surface area contributed by atoms with Crippen LogP contribution in [-0.4, -0.2) is 37.1 Å². The van der Waals surface area contributed by atoms with Crippen molar-refractivity contribution < 1.29 is 9.53 Å². The Kier molecular flexibility index (Phi) is 2.84. The average Bonchev–Trinajstić information content (AvgIpc) is 3.10. The van der Waals surface area contributed by atoms with Crippen molar-refractivity contribution in [2.45, 2.75) is 18.9 Å². The molecule has 1 aromatic rings. The van der Waals surface area contributed by atoms with Crippen molar-refractivity contribution in [3.05, 3.63) is 35.9 Å². The maximum absolute atomic E-state index is 12.3. The van der Waals surface area contributed by atoms with Crippen LogP contribution in [0.5, 0.6) is 0 Å². The third-order valence-corrected chi connectivity index (χ3v) is 5.62.